The van der Waals surface area contributed by atoms with Gasteiger partial charge < -0.3 is 4.90 Å². The molecular weight excluding hydrogens is 278 g/mol. The quantitative estimate of drug-likeness (QED) is 0.863. The van der Waals surface area contributed by atoms with Crippen molar-refractivity contribution in [2.24, 2.45) is 0 Å². The van der Waals surface area contributed by atoms with Gasteiger partial charge in [0.15, 0.2) is 5.82 Å². The van der Waals surface area contributed by atoms with E-state index in [0.29, 0.717) is 18.2 Å². The van der Waals surface area contributed by atoms with Crippen LogP contribution in [-0.2, 0) is 10.2 Å². The highest BCUT2D eigenvalue weighted by Gasteiger charge is 2.31. The third-order valence-corrected chi connectivity index (χ3v) is 3.80. The zero-order valence-corrected chi connectivity index (χ0v) is 13.7. The minimum atomic E-state index is -0.575. The minimum absolute atomic E-state index is 0.0951. The Bertz CT molecular complexity index is 649. The summed E-state index contributed by atoms with van der Waals surface area (Å²) in [4.78, 5) is 14.2. The molecule has 116 valence electrons. The highest BCUT2D eigenvalue weighted by Crippen LogP contribution is 2.27. The second-order valence-electron chi connectivity index (χ2n) is 5.79. The molecule has 2 rings (SSSR count). The minimum Gasteiger partial charge on any atom is -0.345 e. The monoisotopic (exact) mass is 299 g/mol. The van der Waals surface area contributed by atoms with Crippen LogP contribution >= 0.6 is 0 Å². The average molecular weight is 299 g/mol. The lowest BCUT2D eigenvalue weighted by Crippen LogP contribution is -2.41. The summed E-state index contributed by atoms with van der Waals surface area (Å²) in [6, 6.07) is 7.65. The summed E-state index contributed by atoms with van der Waals surface area (Å²) in [7, 11) is 1.82. The third kappa shape index (κ3) is 3.10. The van der Waals surface area contributed by atoms with E-state index in [1.54, 1.807) is 11.8 Å². The molecule has 0 unspecified atom stereocenters. The molecule has 2 aromatic rings. The van der Waals surface area contributed by atoms with Gasteiger partial charge in [-0.1, -0.05) is 24.3 Å². The maximum absolute atomic E-state index is 12.5. The van der Waals surface area contributed by atoms with Crippen LogP contribution in [-0.4, -0.2) is 44.8 Å². The van der Waals surface area contributed by atoms with E-state index in [1.807, 2.05) is 52.1 Å². The Balaban J connectivity index is 2.28. The first-order chi connectivity index (χ1) is 10.4. The molecule has 0 saturated heterocycles. The van der Waals surface area contributed by atoms with Gasteiger partial charge in [-0.15, -0.1) is 20.4 Å². The fourth-order valence-corrected chi connectivity index (χ4v) is 2.18. The van der Waals surface area contributed by atoms with Crippen LogP contribution in [0.3, 0.4) is 0 Å². The summed E-state index contributed by atoms with van der Waals surface area (Å²) in [6.07, 6.45) is 0. The Labute approximate surface area is 130 Å². The predicted octanol–water partition coefficient (Wildman–Crippen LogP) is 2.00. The molecule has 1 heterocycles. The summed E-state index contributed by atoms with van der Waals surface area (Å²) >= 11 is 0. The molecular formula is C16H21N5O. The molecule has 0 aliphatic heterocycles. The van der Waals surface area contributed by atoms with Crippen molar-refractivity contribution in [1.82, 2.24) is 25.3 Å². The van der Waals surface area contributed by atoms with Crippen molar-refractivity contribution in [3.8, 4) is 11.4 Å². The van der Waals surface area contributed by atoms with Gasteiger partial charge in [-0.3, -0.25) is 4.79 Å². The van der Waals surface area contributed by atoms with Crippen molar-refractivity contribution in [3.63, 3.8) is 0 Å². The average Bonchev–Trinajstić information content (AvgIpc) is 2.54. The Kier molecular flexibility index (Phi) is 4.49. The van der Waals surface area contributed by atoms with Crippen LogP contribution in [0.5, 0.6) is 0 Å². The summed E-state index contributed by atoms with van der Waals surface area (Å²) < 4.78 is 0. The maximum atomic E-state index is 12.5. The first-order valence-corrected chi connectivity index (χ1v) is 7.26. The lowest BCUT2D eigenvalue weighted by atomic mass is 9.83. The van der Waals surface area contributed by atoms with Crippen LogP contribution in [0.25, 0.3) is 11.4 Å². The normalized spacial score (nSPS) is 11.3. The molecule has 0 saturated carbocycles. The molecule has 0 atom stereocenters. The van der Waals surface area contributed by atoms with Crippen molar-refractivity contribution < 1.29 is 4.79 Å². The van der Waals surface area contributed by atoms with Gasteiger partial charge in [-0.25, -0.2) is 0 Å². The molecule has 6 heteroatoms. The number of aromatic nitrogens is 4. The summed E-state index contributed by atoms with van der Waals surface area (Å²) in [5.74, 6) is 1.11. The number of aryl methyl sites for hydroxylation is 1. The Morgan fingerprint density at radius 1 is 1.09 bits per heavy atom. The lowest BCUT2D eigenvalue weighted by molar-refractivity contribution is -0.134. The molecule has 0 fully saturated rings. The lowest BCUT2D eigenvalue weighted by Gasteiger charge is -2.29. The second-order valence-corrected chi connectivity index (χ2v) is 5.79. The Morgan fingerprint density at radius 2 is 1.64 bits per heavy atom. The van der Waals surface area contributed by atoms with Crippen LogP contribution in [0.15, 0.2) is 24.3 Å². The number of likely N-dealkylation sites (N-methyl/N-ethyl adjacent to an activating group) is 1. The van der Waals surface area contributed by atoms with Gasteiger partial charge in [0.05, 0.1) is 5.41 Å². The van der Waals surface area contributed by atoms with Crippen LogP contribution in [0.1, 0.15) is 32.2 Å². The molecule has 1 aromatic carbocycles. The highest BCUT2D eigenvalue weighted by atomic mass is 16.2. The number of benzene rings is 1. The molecule has 0 radical (unpaired) electrons. The largest absolute Gasteiger partial charge is 0.345 e. The van der Waals surface area contributed by atoms with E-state index >= 15 is 0 Å². The van der Waals surface area contributed by atoms with Crippen LogP contribution < -0.4 is 0 Å². The molecule has 0 bridgehead atoms. The topological polar surface area (TPSA) is 71.9 Å². The molecule has 0 spiro atoms. The fraction of sp³-hybridized carbons (Fsp3) is 0.438. The van der Waals surface area contributed by atoms with Crippen molar-refractivity contribution in [2.45, 2.75) is 33.1 Å². The maximum Gasteiger partial charge on any atom is 0.232 e. The summed E-state index contributed by atoms with van der Waals surface area (Å²) in [6.45, 7) is 8.26. The van der Waals surface area contributed by atoms with E-state index in [2.05, 4.69) is 20.4 Å². The zero-order valence-electron chi connectivity index (χ0n) is 13.7. The number of nitrogens with zero attached hydrogens (tertiary/aromatic N) is 5. The number of carbonyl (C=O) groups excluding carboxylic acids is 1. The molecule has 6 nitrogen and oxygen atoms in total. The number of carbonyl (C=O) groups is 1. The van der Waals surface area contributed by atoms with Crippen LogP contribution in [0, 0.1) is 6.92 Å². The van der Waals surface area contributed by atoms with E-state index in [9.17, 15) is 4.79 Å². The first-order valence-electron chi connectivity index (χ1n) is 7.26. The van der Waals surface area contributed by atoms with Crippen LogP contribution in [0.2, 0.25) is 0 Å². The van der Waals surface area contributed by atoms with Crippen molar-refractivity contribution >= 4 is 5.91 Å². The van der Waals surface area contributed by atoms with E-state index in [0.717, 1.165) is 11.1 Å². The molecule has 0 aliphatic carbocycles. The molecule has 0 aliphatic rings. The van der Waals surface area contributed by atoms with E-state index in [4.69, 9.17) is 0 Å². The third-order valence-electron chi connectivity index (χ3n) is 3.80. The molecule has 0 N–H and O–H groups in total. The van der Waals surface area contributed by atoms with E-state index in [-0.39, 0.29) is 5.91 Å². The van der Waals surface area contributed by atoms with Gasteiger partial charge in [0.2, 0.25) is 11.7 Å². The zero-order chi connectivity index (χ0) is 16.3. The van der Waals surface area contributed by atoms with Crippen LogP contribution in [0.4, 0.5) is 0 Å². The molecule has 1 aromatic heterocycles. The van der Waals surface area contributed by atoms with Gasteiger partial charge >= 0.3 is 0 Å². The number of rotatable bonds is 4. The Hall–Kier alpha value is -2.37. The van der Waals surface area contributed by atoms with Gasteiger partial charge in [-0.2, -0.15) is 0 Å². The first kappa shape index (κ1) is 16.0. The van der Waals surface area contributed by atoms with Crippen molar-refractivity contribution in [1.29, 1.82) is 0 Å². The number of amides is 1. The standard InChI is InChI=1S/C16H21N5O/c1-6-21(5)15(22)16(3,4)13-9-7-12(8-10-13)14-19-17-11(2)18-20-14/h7-10H,6H2,1-5H3. The van der Waals surface area contributed by atoms with Crippen molar-refractivity contribution in [3.05, 3.63) is 35.7 Å². The van der Waals surface area contributed by atoms with Crippen molar-refractivity contribution in [2.75, 3.05) is 13.6 Å². The smallest absolute Gasteiger partial charge is 0.232 e. The van der Waals surface area contributed by atoms with Gasteiger partial charge in [-0.05, 0) is 33.3 Å². The fourth-order valence-electron chi connectivity index (χ4n) is 2.18. The number of hydrogen-bond acceptors (Lipinski definition) is 5. The SMILES string of the molecule is CCN(C)C(=O)C(C)(C)c1ccc(-c2nnc(C)nn2)cc1. The molecule has 22 heavy (non-hydrogen) atoms. The van der Waals surface area contributed by atoms with Gasteiger partial charge in [0, 0.05) is 19.2 Å². The summed E-state index contributed by atoms with van der Waals surface area (Å²) in [5, 5.41) is 15.8. The Morgan fingerprint density at radius 3 is 2.14 bits per heavy atom. The van der Waals surface area contributed by atoms with Gasteiger partial charge in [0.1, 0.15) is 0 Å². The summed E-state index contributed by atoms with van der Waals surface area (Å²) in [5.41, 5.74) is 1.21. The van der Waals surface area contributed by atoms with E-state index < -0.39 is 5.41 Å². The second kappa shape index (κ2) is 6.17. The van der Waals surface area contributed by atoms with E-state index in [1.165, 1.54) is 0 Å². The highest BCUT2D eigenvalue weighted by molar-refractivity contribution is 5.87. The van der Waals surface area contributed by atoms with Gasteiger partial charge in [0.25, 0.3) is 0 Å². The number of hydrogen-bond donors (Lipinski definition) is 0. The predicted molar refractivity (Wildman–Crippen MR) is 84.1 cm³/mol. The molecule has 1 amide bonds.